The first-order chi connectivity index (χ1) is 20.7. The van der Waals surface area contributed by atoms with Crippen LogP contribution >= 0.6 is 11.6 Å². The van der Waals surface area contributed by atoms with Gasteiger partial charge in [0.05, 0.1) is 25.3 Å². The Morgan fingerprint density at radius 2 is 1.49 bits per heavy atom. The van der Waals surface area contributed by atoms with E-state index in [1.54, 1.807) is 33.8 Å². The Balaban J connectivity index is 0.000000196. The SMILES string of the molecule is CCOC(=O)c1c(C)[nH]c2c(-c3cc(F)ccc3OCC3CC3)ncnc12.CCOC(=O)c1c(C)[nH]c2c(Cl)ncnc12. The third-order valence-electron chi connectivity index (χ3n) is 6.82. The first-order valence-electron chi connectivity index (χ1n) is 13.8. The number of aromatic nitrogens is 6. The molecule has 1 fully saturated rings. The predicted molar refractivity (Wildman–Crippen MR) is 158 cm³/mol. The standard InChI is InChI=1S/C20H20FN3O3.C10H10ClN3O2/c1-3-26-20(25)16-11(2)24-19-17(22-10-23-18(16)19)14-8-13(21)6-7-15(14)27-9-12-4-5-12;1-3-16-10(15)6-5(2)14-8-7(6)12-4-13-9(8)11/h6-8,10,12,24H,3-5,9H2,1-2H3;4,14H,3H2,1-2H3. The molecule has 0 aliphatic heterocycles. The Morgan fingerprint density at radius 1 is 0.907 bits per heavy atom. The summed E-state index contributed by atoms with van der Waals surface area (Å²) in [5.74, 6) is -0.106. The molecule has 5 aromatic rings. The first kappa shape index (κ1) is 29.9. The lowest BCUT2D eigenvalue weighted by Crippen LogP contribution is -2.06. The molecule has 0 amide bonds. The summed E-state index contributed by atoms with van der Waals surface area (Å²) in [5, 5.41) is 0.295. The highest BCUT2D eigenvalue weighted by Crippen LogP contribution is 2.37. The van der Waals surface area contributed by atoms with Crippen molar-refractivity contribution in [1.82, 2.24) is 29.9 Å². The van der Waals surface area contributed by atoms with Gasteiger partial charge in [-0.15, -0.1) is 0 Å². The van der Waals surface area contributed by atoms with E-state index < -0.39 is 11.9 Å². The second-order valence-electron chi connectivity index (χ2n) is 9.92. The third kappa shape index (κ3) is 6.29. The van der Waals surface area contributed by atoms with Crippen LogP contribution in [0.3, 0.4) is 0 Å². The number of ether oxygens (including phenoxy) is 3. The number of aryl methyl sites for hydroxylation is 2. The van der Waals surface area contributed by atoms with Crippen molar-refractivity contribution in [2.24, 2.45) is 5.92 Å². The van der Waals surface area contributed by atoms with Gasteiger partial charge < -0.3 is 24.2 Å². The Hall–Kier alpha value is -4.58. The lowest BCUT2D eigenvalue weighted by atomic mass is 10.1. The zero-order valence-corrected chi connectivity index (χ0v) is 24.8. The van der Waals surface area contributed by atoms with Crippen molar-refractivity contribution in [2.45, 2.75) is 40.5 Å². The lowest BCUT2D eigenvalue weighted by Gasteiger charge is -2.11. The van der Waals surface area contributed by atoms with Gasteiger partial charge in [-0.25, -0.2) is 33.9 Å². The van der Waals surface area contributed by atoms with Crippen molar-refractivity contribution >= 4 is 45.6 Å². The number of H-pyrrole nitrogens is 2. The van der Waals surface area contributed by atoms with E-state index in [1.165, 1.54) is 24.8 Å². The van der Waals surface area contributed by atoms with E-state index in [0.29, 0.717) is 85.9 Å². The largest absolute Gasteiger partial charge is 0.493 e. The molecule has 0 bridgehead atoms. The van der Waals surface area contributed by atoms with Gasteiger partial charge in [0.25, 0.3) is 0 Å². The first-order valence-corrected chi connectivity index (χ1v) is 14.2. The summed E-state index contributed by atoms with van der Waals surface area (Å²) in [6, 6.07) is 4.38. The summed E-state index contributed by atoms with van der Waals surface area (Å²) >= 11 is 5.89. The molecule has 0 unspecified atom stereocenters. The fourth-order valence-corrected chi connectivity index (χ4v) is 4.81. The molecule has 13 heteroatoms. The number of benzene rings is 1. The van der Waals surface area contributed by atoms with Crippen LogP contribution in [0.2, 0.25) is 5.15 Å². The number of nitrogens with one attached hydrogen (secondary N) is 2. The Labute approximate surface area is 251 Å². The molecule has 4 heterocycles. The second-order valence-corrected chi connectivity index (χ2v) is 10.3. The molecule has 0 saturated heterocycles. The molecule has 224 valence electrons. The highest BCUT2D eigenvalue weighted by atomic mass is 35.5. The molecule has 43 heavy (non-hydrogen) atoms. The quantitative estimate of drug-likeness (QED) is 0.157. The molecule has 0 spiro atoms. The molecule has 0 radical (unpaired) electrons. The van der Waals surface area contributed by atoms with Gasteiger partial charge in [0, 0.05) is 17.0 Å². The van der Waals surface area contributed by atoms with Gasteiger partial charge in [0.2, 0.25) is 0 Å². The highest BCUT2D eigenvalue weighted by Gasteiger charge is 2.25. The van der Waals surface area contributed by atoms with Crippen LogP contribution in [-0.2, 0) is 9.47 Å². The molecule has 1 saturated carbocycles. The van der Waals surface area contributed by atoms with Crippen LogP contribution in [0.1, 0.15) is 58.8 Å². The zero-order valence-electron chi connectivity index (χ0n) is 24.1. The average Bonchev–Trinajstić information content (AvgIpc) is 3.65. The van der Waals surface area contributed by atoms with Crippen molar-refractivity contribution < 1.29 is 28.2 Å². The van der Waals surface area contributed by atoms with Gasteiger partial charge in [-0.2, -0.15) is 0 Å². The van der Waals surface area contributed by atoms with E-state index in [0.717, 1.165) is 12.8 Å². The predicted octanol–water partition coefficient (Wildman–Crippen LogP) is 6.13. The summed E-state index contributed by atoms with van der Waals surface area (Å²) in [6.07, 6.45) is 5.00. The molecular weight excluding hydrogens is 579 g/mol. The maximum absolute atomic E-state index is 14.0. The topological polar surface area (TPSA) is 145 Å². The monoisotopic (exact) mass is 608 g/mol. The van der Waals surface area contributed by atoms with Crippen molar-refractivity contribution in [1.29, 1.82) is 0 Å². The van der Waals surface area contributed by atoms with E-state index in [9.17, 15) is 14.0 Å². The van der Waals surface area contributed by atoms with Crippen LogP contribution in [-0.4, -0.2) is 61.7 Å². The van der Waals surface area contributed by atoms with Crippen LogP contribution in [0.15, 0.2) is 30.9 Å². The van der Waals surface area contributed by atoms with Crippen LogP contribution in [0.4, 0.5) is 4.39 Å². The molecule has 1 aliphatic rings. The lowest BCUT2D eigenvalue weighted by molar-refractivity contribution is 0.0517. The van der Waals surface area contributed by atoms with Crippen molar-refractivity contribution in [3.8, 4) is 17.0 Å². The summed E-state index contributed by atoms with van der Waals surface area (Å²) < 4.78 is 30.0. The molecule has 0 atom stereocenters. The maximum Gasteiger partial charge on any atom is 0.342 e. The van der Waals surface area contributed by atoms with Gasteiger partial charge in [-0.05, 0) is 64.7 Å². The van der Waals surface area contributed by atoms with Gasteiger partial charge in [-0.1, -0.05) is 11.6 Å². The number of rotatable bonds is 8. The number of halogens is 2. The van der Waals surface area contributed by atoms with Crippen LogP contribution in [0.25, 0.3) is 33.3 Å². The van der Waals surface area contributed by atoms with Gasteiger partial charge >= 0.3 is 11.9 Å². The molecule has 11 nitrogen and oxygen atoms in total. The number of nitrogens with zero attached hydrogens (tertiary/aromatic N) is 4. The van der Waals surface area contributed by atoms with E-state index in [2.05, 4.69) is 29.9 Å². The van der Waals surface area contributed by atoms with Crippen LogP contribution < -0.4 is 4.74 Å². The second kappa shape index (κ2) is 12.7. The van der Waals surface area contributed by atoms with E-state index in [1.807, 2.05) is 0 Å². The molecule has 6 rings (SSSR count). The van der Waals surface area contributed by atoms with Crippen molar-refractivity contribution in [2.75, 3.05) is 19.8 Å². The number of aromatic amines is 2. The number of carbonyl (C=O) groups is 2. The highest BCUT2D eigenvalue weighted by molar-refractivity contribution is 6.34. The molecule has 4 aromatic heterocycles. The van der Waals surface area contributed by atoms with Gasteiger partial charge in [0.15, 0.2) is 5.15 Å². The summed E-state index contributed by atoms with van der Waals surface area (Å²) in [5.41, 5.74) is 5.17. The van der Waals surface area contributed by atoms with E-state index >= 15 is 0 Å². The Morgan fingerprint density at radius 3 is 2.09 bits per heavy atom. The number of hydrogen-bond acceptors (Lipinski definition) is 9. The number of fused-ring (bicyclic) bond motifs is 2. The maximum atomic E-state index is 14.0. The van der Waals surface area contributed by atoms with Crippen LogP contribution in [0.5, 0.6) is 5.75 Å². The van der Waals surface area contributed by atoms with Gasteiger partial charge in [-0.3, -0.25) is 0 Å². The third-order valence-corrected chi connectivity index (χ3v) is 7.11. The van der Waals surface area contributed by atoms with E-state index in [-0.39, 0.29) is 12.4 Å². The fraction of sp³-hybridized carbons (Fsp3) is 0.333. The van der Waals surface area contributed by atoms with Crippen LogP contribution in [0, 0.1) is 25.6 Å². The number of carbonyl (C=O) groups excluding carboxylic acids is 2. The van der Waals surface area contributed by atoms with Gasteiger partial charge in [0.1, 0.15) is 57.6 Å². The summed E-state index contributed by atoms with van der Waals surface area (Å²) in [6.45, 7) is 8.24. The number of esters is 2. The minimum Gasteiger partial charge on any atom is -0.493 e. The zero-order chi connectivity index (χ0) is 30.7. The fourth-order valence-electron chi connectivity index (χ4n) is 4.63. The Kier molecular flexibility index (Phi) is 8.86. The summed E-state index contributed by atoms with van der Waals surface area (Å²) in [7, 11) is 0. The number of hydrogen-bond donors (Lipinski definition) is 2. The molecule has 1 aliphatic carbocycles. The summed E-state index contributed by atoms with van der Waals surface area (Å²) in [4.78, 5) is 46.6. The average molecular weight is 609 g/mol. The van der Waals surface area contributed by atoms with Crippen molar-refractivity contribution in [3.05, 3.63) is 64.3 Å². The minimum atomic E-state index is -0.449. The Bertz CT molecular complexity index is 1820. The smallest absolute Gasteiger partial charge is 0.342 e. The molecular formula is C30H30ClFN6O5. The van der Waals surface area contributed by atoms with Crippen molar-refractivity contribution in [3.63, 3.8) is 0 Å². The van der Waals surface area contributed by atoms with E-state index in [4.69, 9.17) is 25.8 Å². The normalized spacial score (nSPS) is 12.6. The molecule has 2 N–H and O–H groups in total. The minimum absolute atomic E-state index is 0.270. The molecule has 1 aromatic carbocycles.